The maximum absolute atomic E-state index is 11.7. The fourth-order valence-corrected chi connectivity index (χ4v) is 1.58. The third-order valence-corrected chi connectivity index (χ3v) is 2.66. The Hall–Kier alpha value is -1.14. The fourth-order valence-electron chi connectivity index (χ4n) is 1.33. The molecule has 0 heterocycles. The summed E-state index contributed by atoms with van der Waals surface area (Å²) in [6, 6.07) is 7.47. The Morgan fingerprint density at radius 3 is 2.73 bits per heavy atom. The molecule has 0 bridgehead atoms. The van der Waals surface area contributed by atoms with Gasteiger partial charge < -0.3 is 0 Å². The number of halogens is 1. The molecule has 1 aromatic carbocycles. The number of ketones is 1. The summed E-state index contributed by atoms with van der Waals surface area (Å²) in [7, 11) is 0. The van der Waals surface area contributed by atoms with E-state index in [1.807, 2.05) is 13.0 Å². The molecule has 15 heavy (non-hydrogen) atoms. The second kappa shape index (κ2) is 5.09. The standard InChI is InChI=1S/C12H12BrNO/c1-3-9-4-5-11(10(6-9)7-14)12(15)8(2)13/h4-6,8H,3H2,1-2H3. The average molecular weight is 266 g/mol. The largest absolute Gasteiger partial charge is 0.293 e. The van der Waals surface area contributed by atoms with Crippen molar-refractivity contribution in [2.45, 2.75) is 25.1 Å². The highest BCUT2D eigenvalue weighted by molar-refractivity contribution is 9.10. The molecule has 0 amide bonds. The number of hydrogen-bond donors (Lipinski definition) is 0. The van der Waals surface area contributed by atoms with Gasteiger partial charge in [-0.2, -0.15) is 5.26 Å². The normalized spacial score (nSPS) is 11.9. The number of carbonyl (C=O) groups excluding carboxylic acids is 1. The lowest BCUT2D eigenvalue weighted by Gasteiger charge is -2.06. The zero-order chi connectivity index (χ0) is 11.4. The Labute approximate surface area is 98.0 Å². The molecule has 1 rings (SSSR count). The molecule has 0 aliphatic rings. The monoisotopic (exact) mass is 265 g/mol. The van der Waals surface area contributed by atoms with Crippen LogP contribution in [0.1, 0.15) is 35.3 Å². The molecule has 0 fully saturated rings. The topological polar surface area (TPSA) is 40.9 Å². The van der Waals surface area contributed by atoms with Crippen molar-refractivity contribution in [1.29, 1.82) is 5.26 Å². The Morgan fingerprint density at radius 1 is 1.60 bits per heavy atom. The van der Waals surface area contributed by atoms with Gasteiger partial charge >= 0.3 is 0 Å². The second-order valence-corrected chi connectivity index (χ2v) is 4.70. The number of nitrogens with zero attached hydrogens (tertiary/aromatic N) is 1. The molecular weight excluding hydrogens is 254 g/mol. The Balaban J connectivity index is 3.21. The quantitative estimate of drug-likeness (QED) is 0.623. The van der Waals surface area contributed by atoms with Gasteiger partial charge in [-0.3, -0.25) is 4.79 Å². The first-order valence-corrected chi connectivity index (χ1v) is 5.73. The number of hydrogen-bond acceptors (Lipinski definition) is 2. The highest BCUT2D eigenvalue weighted by Crippen LogP contribution is 2.16. The molecule has 0 saturated heterocycles. The van der Waals surface area contributed by atoms with Crippen LogP contribution in [-0.2, 0) is 6.42 Å². The molecule has 0 aliphatic heterocycles. The van der Waals surface area contributed by atoms with Crippen molar-refractivity contribution in [3.8, 4) is 6.07 Å². The lowest BCUT2D eigenvalue weighted by Crippen LogP contribution is -2.12. The van der Waals surface area contributed by atoms with E-state index >= 15 is 0 Å². The lowest BCUT2D eigenvalue weighted by atomic mass is 9.99. The van der Waals surface area contributed by atoms with E-state index in [1.165, 1.54) is 0 Å². The maximum Gasteiger partial charge on any atom is 0.177 e. The van der Waals surface area contributed by atoms with Crippen LogP contribution < -0.4 is 0 Å². The van der Waals surface area contributed by atoms with Crippen LogP contribution >= 0.6 is 15.9 Å². The van der Waals surface area contributed by atoms with E-state index < -0.39 is 0 Å². The summed E-state index contributed by atoms with van der Waals surface area (Å²) in [4.78, 5) is 11.5. The Morgan fingerprint density at radius 2 is 2.27 bits per heavy atom. The lowest BCUT2D eigenvalue weighted by molar-refractivity contribution is 0.0995. The molecule has 1 atom stereocenters. The van der Waals surface area contributed by atoms with Gasteiger partial charge in [0.15, 0.2) is 5.78 Å². The minimum absolute atomic E-state index is 0.0470. The van der Waals surface area contributed by atoms with Gasteiger partial charge in [0, 0.05) is 5.56 Å². The van der Waals surface area contributed by atoms with Crippen molar-refractivity contribution in [1.82, 2.24) is 0 Å². The van der Waals surface area contributed by atoms with E-state index in [0.29, 0.717) is 11.1 Å². The number of nitriles is 1. The first-order valence-electron chi connectivity index (χ1n) is 4.81. The number of alkyl halides is 1. The van der Waals surface area contributed by atoms with E-state index in [2.05, 4.69) is 22.0 Å². The van der Waals surface area contributed by atoms with Gasteiger partial charge in [0.1, 0.15) is 0 Å². The van der Waals surface area contributed by atoms with Gasteiger partial charge in [-0.15, -0.1) is 0 Å². The summed E-state index contributed by atoms with van der Waals surface area (Å²) in [6.45, 7) is 3.78. The molecule has 0 radical (unpaired) electrons. The van der Waals surface area contributed by atoms with Crippen LogP contribution in [0.4, 0.5) is 0 Å². The predicted octanol–water partition coefficient (Wildman–Crippen LogP) is 3.09. The molecular formula is C12H12BrNO. The van der Waals surface area contributed by atoms with Crippen LogP contribution in [0.2, 0.25) is 0 Å². The molecule has 1 aromatic rings. The molecule has 0 saturated carbocycles. The van der Waals surface area contributed by atoms with Crippen LogP contribution in [0.5, 0.6) is 0 Å². The number of carbonyl (C=O) groups is 1. The van der Waals surface area contributed by atoms with Gasteiger partial charge in [0.2, 0.25) is 0 Å². The molecule has 1 unspecified atom stereocenters. The highest BCUT2D eigenvalue weighted by Gasteiger charge is 2.15. The summed E-state index contributed by atoms with van der Waals surface area (Å²) >= 11 is 3.22. The van der Waals surface area contributed by atoms with Crippen molar-refractivity contribution in [3.05, 3.63) is 34.9 Å². The van der Waals surface area contributed by atoms with Crippen molar-refractivity contribution in [2.24, 2.45) is 0 Å². The van der Waals surface area contributed by atoms with Gasteiger partial charge in [0.05, 0.1) is 16.5 Å². The molecule has 78 valence electrons. The summed E-state index contributed by atoms with van der Waals surface area (Å²) in [5.41, 5.74) is 2.04. The molecule has 0 spiro atoms. The number of rotatable bonds is 3. The van der Waals surface area contributed by atoms with Gasteiger partial charge in [-0.1, -0.05) is 28.9 Å². The van der Waals surface area contributed by atoms with E-state index in [0.717, 1.165) is 12.0 Å². The van der Waals surface area contributed by atoms with E-state index in [-0.39, 0.29) is 10.6 Å². The Kier molecular flexibility index (Phi) is 4.05. The summed E-state index contributed by atoms with van der Waals surface area (Å²) in [6.07, 6.45) is 0.868. The first kappa shape index (κ1) is 11.9. The van der Waals surface area contributed by atoms with E-state index in [4.69, 9.17) is 5.26 Å². The Bertz CT molecular complexity index is 418. The second-order valence-electron chi connectivity index (χ2n) is 3.33. The zero-order valence-corrected chi connectivity index (χ0v) is 10.3. The van der Waals surface area contributed by atoms with Crippen LogP contribution in [0.25, 0.3) is 0 Å². The average Bonchev–Trinajstić information content (AvgIpc) is 2.27. The van der Waals surface area contributed by atoms with Crippen LogP contribution in [0.15, 0.2) is 18.2 Å². The maximum atomic E-state index is 11.7. The third-order valence-electron chi connectivity index (χ3n) is 2.24. The van der Waals surface area contributed by atoms with Crippen LogP contribution in [-0.4, -0.2) is 10.6 Å². The highest BCUT2D eigenvalue weighted by atomic mass is 79.9. The van der Waals surface area contributed by atoms with Crippen molar-refractivity contribution < 1.29 is 4.79 Å². The predicted molar refractivity (Wildman–Crippen MR) is 63.3 cm³/mol. The minimum atomic E-state index is -0.253. The summed E-state index contributed by atoms with van der Waals surface area (Å²) in [5.74, 6) is -0.0470. The third kappa shape index (κ3) is 2.66. The van der Waals surface area contributed by atoms with Gasteiger partial charge in [-0.05, 0) is 31.0 Å². The fraction of sp³-hybridized carbons (Fsp3) is 0.333. The molecule has 0 aliphatic carbocycles. The first-order chi connectivity index (χ1) is 7.10. The van der Waals surface area contributed by atoms with Crippen LogP contribution in [0, 0.1) is 11.3 Å². The van der Waals surface area contributed by atoms with Gasteiger partial charge in [0.25, 0.3) is 0 Å². The SMILES string of the molecule is CCc1ccc(C(=O)C(C)Br)c(C#N)c1. The number of Topliss-reactive ketones (excluding diaryl/α,β-unsaturated/α-hetero) is 1. The van der Waals surface area contributed by atoms with E-state index in [9.17, 15) is 4.79 Å². The zero-order valence-electron chi connectivity index (χ0n) is 8.75. The molecule has 3 heteroatoms. The summed E-state index contributed by atoms with van der Waals surface area (Å²) < 4.78 is 0. The van der Waals surface area contributed by atoms with Crippen LogP contribution in [0.3, 0.4) is 0 Å². The number of benzene rings is 1. The van der Waals surface area contributed by atoms with Crippen molar-refractivity contribution in [3.63, 3.8) is 0 Å². The smallest absolute Gasteiger partial charge is 0.177 e. The molecule has 0 N–H and O–H groups in total. The summed E-state index contributed by atoms with van der Waals surface area (Å²) in [5, 5.41) is 8.95. The van der Waals surface area contributed by atoms with Crippen molar-refractivity contribution in [2.75, 3.05) is 0 Å². The minimum Gasteiger partial charge on any atom is -0.293 e. The molecule has 0 aromatic heterocycles. The van der Waals surface area contributed by atoms with Gasteiger partial charge in [-0.25, -0.2) is 0 Å². The van der Waals surface area contributed by atoms with Crippen molar-refractivity contribution >= 4 is 21.7 Å². The molecule has 2 nitrogen and oxygen atoms in total. The number of aryl methyl sites for hydroxylation is 1. The van der Waals surface area contributed by atoms with E-state index in [1.54, 1.807) is 19.1 Å².